The summed E-state index contributed by atoms with van der Waals surface area (Å²) in [4.78, 5) is 11.5. The number of thiocarbonyl (C=S) groups is 1. The van der Waals surface area contributed by atoms with E-state index in [-0.39, 0.29) is 11.8 Å². The second-order valence-electron chi connectivity index (χ2n) is 4.51. The van der Waals surface area contributed by atoms with E-state index in [9.17, 15) is 4.79 Å². The number of hydrogen-bond donors (Lipinski definition) is 2. The summed E-state index contributed by atoms with van der Waals surface area (Å²) < 4.78 is 1.03. The Labute approximate surface area is 121 Å². The molecule has 0 bridgehead atoms. The van der Waals surface area contributed by atoms with Gasteiger partial charge in [-0.05, 0) is 49.3 Å². The Morgan fingerprint density at radius 1 is 1.28 bits per heavy atom. The fourth-order valence-electron chi connectivity index (χ4n) is 1.51. The third kappa shape index (κ3) is 4.07. The van der Waals surface area contributed by atoms with Crippen LogP contribution in [0.5, 0.6) is 0 Å². The second kappa shape index (κ2) is 6.29. The van der Waals surface area contributed by atoms with Gasteiger partial charge in [0, 0.05) is 16.1 Å². The van der Waals surface area contributed by atoms with Gasteiger partial charge in [-0.25, -0.2) is 0 Å². The van der Waals surface area contributed by atoms with Gasteiger partial charge in [-0.3, -0.25) is 4.79 Å². The van der Waals surface area contributed by atoms with E-state index < -0.39 is 0 Å². The molecule has 3 nitrogen and oxygen atoms in total. The van der Waals surface area contributed by atoms with Crippen molar-refractivity contribution in [3.63, 3.8) is 0 Å². The number of rotatable bonds is 2. The van der Waals surface area contributed by atoms with E-state index in [0.29, 0.717) is 5.11 Å². The molecule has 0 atom stereocenters. The van der Waals surface area contributed by atoms with E-state index in [1.165, 1.54) is 0 Å². The first kappa shape index (κ1) is 15.1. The molecule has 18 heavy (non-hydrogen) atoms. The molecule has 0 radical (unpaired) electrons. The summed E-state index contributed by atoms with van der Waals surface area (Å²) in [6.45, 7) is 7.64. The molecule has 0 saturated carbocycles. The van der Waals surface area contributed by atoms with E-state index in [2.05, 4.69) is 26.6 Å². The van der Waals surface area contributed by atoms with Crippen LogP contribution in [0.25, 0.3) is 0 Å². The van der Waals surface area contributed by atoms with Crippen molar-refractivity contribution in [1.82, 2.24) is 5.32 Å². The maximum Gasteiger partial charge on any atom is 0.228 e. The van der Waals surface area contributed by atoms with Crippen LogP contribution in [0.4, 0.5) is 5.69 Å². The molecular weight excluding hydrogens is 312 g/mol. The Kier molecular flexibility index (Phi) is 5.28. The van der Waals surface area contributed by atoms with E-state index in [4.69, 9.17) is 12.2 Å². The van der Waals surface area contributed by atoms with E-state index >= 15 is 0 Å². The molecule has 0 aliphatic carbocycles. The average molecular weight is 329 g/mol. The summed E-state index contributed by atoms with van der Waals surface area (Å²) in [5, 5.41) is 6.07. The maximum atomic E-state index is 11.5. The lowest BCUT2D eigenvalue weighted by Gasteiger charge is -2.15. The first-order valence-electron chi connectivity index (χ1n) is 5.70. The van der Waals surface area contributed by atoms with Crippen LogP contribution in [0.2, 0.25) is 0 Å². The highest BCUT2D eigenvalue weighted by Crippen LogP contribution is 2.24. The van der Waals surface area contributed by atoms with E-state index in [1.54, 1.807) is 0 Å². The number of hydrogen-bond acceptors (Lipinski definition) is 2. The monoisotopic (exact) mass is 328 g/mol. The maximum absolute atomic E-state index is 11.5. The minimum absolute atomic E-state index is 0.0834. The Morgan fingerprint density at radius 3 is 2.22 bits per heavy atom. The fraction of sp³-hybridized carbons (Fsp3) is 0.385. The van der Waals surface area contributed by atoms with Crippen molar-refractivity contribution in [3.8, 4) is 0 Å². The van der Waals surface area contributed by atoms with Crippen LogP contribution in [0, 0.1) is 19.8 Å². The predicted octanol–water partition coefficient (Wildman–Crippen LogP) is 3.53. The summed E-state index contributed by atoms with van der Waals surface area (Å²) in [7, 11) is 0. The SMILES string of the molecule is Cc1cc(Br)cc(C)c1NC(=S)NC(=O)C(C)C. The molecule has 2 N–H and O–H groups in total. The summed E-state index contributed by atoms with van der Waals surface area (Å²) in [5.41, 5.74) is 3.08. The van der Waals surface area contributed by atoms with Gasteiger partial charge in [-0.15, -0.1) is 0 Å². The number of nitrogens with one attached hydrogen (secondary N) is 2. The lowest BCUT2D eigenvalue weighted by molar-refractivity contribution is -0.122. The fourth-order valence-corrected chi connectivity index (χ4v) is 2.40. The highest BCUT2D eigenvalue weighted by Gasteiger charge is 2.11. The standard InChI is InChI=1S/C13H17BrN2OS/c1-7(2)12(17)16-13(18)15-11-8(3)5-10(14)6-9(11)4/h5-7H,1-4H3,(H2,15,16,17,18). The van der Waals surface area contributed by atoms with Crippen molar-refractivity contribution < 1.29 is 4.79 Å². The zero-order chi connectivity index (χ0) is 13.9. The zero-order valence-corrected chi connectivity index (χ0v) is 13.3. The quantitative estimate of drug-likeness (QED) is 0.816. The van der Waals surface area contributed by atoms with Crippen LogP contribution in [0.3, 0.4) is 0 Å². The molecule has 5 heteroatoms. The van der Waals surface area contributed by atoms with Crippen molar-refractivity contribution in [2.24, 2.45) is 5.92 Å². The highest BCUT2D eigenvalue weighted by atomic mass is 79.9. The van der Waals surface area contributed by atoms with Crippen molar-refractivity contribution >= 4 is 44.9 Å². The molecule has 1 rings (SSSR count). The van der Waals surface area contributed by atoms with Crippen LogP contribution in [0.15, 0.2) is 16.6 Å². The molecule has 0 unspecified atom stereocenters. The Morgan fingerprint density at radius 2 is 1.78 bits per heavy atom. The van der Waals surface area contributed by atoms with Gasteiger partial charge in [-0.2, -0.15) is 0 Å². The molecule has 1 aromatic rings. The van der Waals surface area contributed by atoms with Crippen molar-refractivity contribution in [1.29, 1.82) is 0 Å². The van der Waals surface area contributed by atoms with Gasteiger partial charge in [0.1, 0.15) is 0 Å². The molecule has 0 aliphatic heterocycles. The molecule has 1 aromatic carbocycles. The Bertz CT molecular complexity index is 463. The molecule has 0 fully saturated rings. The molecule has 0 saturated heterocycles. The van der Waals surface area contributed by atoms with Crippen molar-refractivity contribution in [2.45, 2.75) is 27.7 Å². The summed E-state index contributed by atoms with van der Waals surface area (Å²) in [6.07, 6.45) is 0. The summed E-state index contributed by atoms with van der Waals surface area (Å²) >= 11 is 8.57. The third-order valence-corrected chi connectivity index (χ3v) is 3.16. The average Bonchev–Trinajstić information content (AvgIpc) is 2.23. The molecule has 0 aliphatic rings. The van der Waals surface area contributed by atoms with Crippen molar-refractivity contribution in [2.75, 3.05) is 5.32 Å². The number of amides is 1. The van der Waals surface area contributed by atoms with Gasteiger partial charge in [-0.1, -0.05) is 29.8 Å². The van der Waals surface area contributed by atoms with Crippen LogP contribution in [-0.2, 0) is 4.79 Å². The number of carbonyl (C=O) groups is 1. The lowest BCUT2D eigenvalue weighted by atomic mass is 10.1. The number of carbonyl (C=O) groups excluding carboxylic acids is 1. The largest absolute Gasteiger partial charge is 0.332 e. The lowest BCUT2D eigenvalue weighted by Crippen LogP contribution is -2.37. The molecule has 0 aromatic heterocycles. The molecule has 98 valence electrons. The summed E-state index contributed by atoms with van der Waals surface area (Å²) in [5.74, 6) is -0.170. The minimum atomic E-state index is -0.0862. The predicted molar refractivity (Wildman–Crippen MR) is 82.8 cm³/mol. The third-order valence-electron chi connectivity index (χ3n) is 2.50. The molecule has 1 amide bonds. The van der Waals surface area contributed by atoms with Crippen molar-refractivity contribution in [3.05, 3.63) is 27.7 Å². The normalized spacial score (nSPS) is 10.3. The highest BCUT2D eigenvalue weighted by molar-refractivity contribution is 9.10. The van der Waals surface area contributed by atoms with Crippen LogP contribution >= 0.6 is 28.1 Å². The van der Waals surface area contributed by atoms with Crippen LogP contribution in [0.1, 0.15) is 25.0 Å². The van der Waals surface area contributed by atoms with E-state index in [0.717, 1.165) is 21.3 Å². The number of halogens is 1. The number of anilines is 1. The Balaban J connectivity index is 2.80. The molecule has 0 heterocycles. The van der Waals surface area contributed by atoms with Crippen LogP contribution < -0.4 is 10.6 Å². The van der Waals surface area contributed by atoms with Gasteiger partial charge >= 0.3 is 0 Å². The molecular formula is C13H17BrN2OS. The van der Waals surface area contributed by atoms with Gasteiger partial charge < -0.3 is 10.6 Å². The number of aryl methyl sites for hydroxylation is 2. The van der Waals surface area contributed by atoms with Crippen LogP contribution in [-0.4, -0.2) is 11.0 Å². The van der Waals surface area contributed by atoms with Gasteiger partial charge in [0.25, 0.3) is 0 Å². The smallest absolute Gasteiger partial charge is 0.228 e. The number of benzene rings is 1. The van der Waals surface area contributed by atoms with Gasteiger partial charge in [0.2, 0.25) is 5.91 Å². The minimum Gasteiger partial charge on any atom is -0.332 e. The summed E-state index contributed by atoms with van der Waals surface area (Å²) in [6, 6.07) is 4.00. The second-order valence-corrected chi connectivity index (χ2v) is 5.84. The van der Waals surface area contributed by atoms with E-state index in [1.807, 2.05) is 39.8 Å². The zero-order valence-electron chi connectivity index (χ0n) is 10.9. The topological polar surface area (TPSA) is 41.1 Å². The Hall–Kier alpha value is -0.940. The first-order valence-corrected chi connectivity index (χ1v) is 6.90. The molecule has 0 spiro atoms. The first-order chi connectivity index (χ1) is 8.31. The van der Waals surface area contributed by atoms with Gasteiger partial charge in [0.15, 0.2) is 5.11 Å². The van der Waals surface area contributed by atoms with Gasteiger partial charge in [0.05, 0.1) is 0 Å².